The summed E-state index contributed by atoms with van der Waals surface area (Å²) in [5.74, 6) is 0. The zero-order valence-corrected chi connectivity index (χ0v) is 6.22. The topological polar surface area (TPSA) is 12.9 Å². The van der Waals surface area contributed by atoms with Gasteiger partial charge in [0.1, 0.15) is 5.15 Å². The van der Waals surface area contributed by atoms with Crippen LogP contribution in [0.5, 0.6) is 0 Å². The van der Waals surface area contributed by atoms with Crippen molar-refractivity contribution in [3.05, 3.63) is 28.5 Å². The van der Waals surface area contributed by atoms with Gasteiger partial charge in [-0.1, -0.05) is 11.6 Å². The first-order valence-corrected chi connectivity index (χ1v) is 3.08. The fourth-order valence-corrected chi connectivity index (χ4v) is 0.696. The van der Waals surface area contributed by atoms with Crippen molar-refractivity contribution in [2.45, 2.75) is 13.0 Å². The van der Waals surface area contributed by atoms with Crippen molar-refractivity contribution in [2.24, 2.45) is 0 Å². The van der Waals surface area contributed by atoms with Gasteiger partial charge < -0.3 is 0 Å². The molecule has 1 heterocycles. The van der Waals surface area contributed by atoms with Gasteiger partial charge in [-0.15, -0.1) is 0 Å². The average molecular weight is 201 g/mol. The summed E-state index contributed by atoms with van der Waals surface area (Å²) < 4.78 is 73.0. The van der Waals surface area contributed by atoms with Gasteiger partial charge in [0.2, 0.25) is 0 Å². The van der Waals surface area contributed by atoms with E-state index in [1.54, 1.807) is 0 Å². The van der Waals surface area contributed by atoms with Gasteiger partial charge in [0.05, 0.1) is 8.30 Å². The first-order chi connectivity index (χ1) is 7.46. The van der Waals surface area contributed by atoms with Crippen LogP contribution in [0.1, 0.15) is 18.0 Å². The van der Waals surface area contributed by atoms with Gasteiger partial charge in [0.25, 0.3) is 0 Å². The van der Waals surface area contributed by atoms with E-state index < -0.39 is 41.5 Å². The molecule has 0 amide bonds. The first-order valence-electron chi connectivity index (χ1n) is 5.20. The van der Waals surface area contributed by atoms with Crippen molar-refractivity contribution in [3.63, 3.8) is 0 Å². The van der Waals surface area contributed by atoms with Gasteiger partial charge in [0.15, 0.2) is 0 Å². The van der Waals surface area contributed by atoms with Crippen LogP contribution in [0, 0.1) is 6.85 Å². The predicted octanol–water partition coefficient (Wildman–Crippen LogP) is 3.06. The van der Waals surface area contributed by atoms with Crippen molar-refractivity contribution < 1.29 is 20.0 Å². The van der Waals surface area contributed by atoms with Crippen LogP contribution in [0.15, 0.2) is 12.2 Å². The summed E-state index contributed by atoms with van der Waals surface area (Å²) in [6.45, 7) is -3.19. The molecule has 1 aromatic heterocycles. The Bertz CT molecular complexity index is 456. The third-order valence-corrected chi connectivity index (χ3v) is 1.21. The maximum atomic E-state index is 12.6. The van der Waals surface area contributed by atoms with Gasteiger partial charge in [-0.2, -0.15) is 13.2 Å². The van der Waals surface area contributed by atoms with Crippen LogP contribution in [0.25, 0.3) is 0 Å². The number of hydrogen-bond donors (Lipinski definition) is 0. The summed E-state index contributed by atoms with van der Waals surface area (Å²) in [4.78, 5) is 2.99. The van der Waals surface area contributed by atoms with E-state index in [0.29, 0.717) is 0 Å². The Labute approximate surface area is 79.2 Å². The van der Waals surface area contributed by atoms with Gasteiger partial charge in [-0.05, 0) is 18.5 Å². The molecule has 0 saturated heterocycles. The number of halogens is 4. The monoisotopic (exact) mass is 200 g/mol. The highest BCUT2D eigenvalue weighted by molar-refractivity contribution is 6.29. The molecule has 66 valence electrons. The SMILES string of the molecule is [2H]c1nc(Cl)c([2H])c(C([2H])([2H])[2H])c1C(F)(F)F. The van der Waals surface area contributed by atoms with E-state index in [4.69, 9.17) is 18.5 Å². The van der Waals surface area contributed by atoms with Crippen LogP contribution in [0.4, 0.5) is 13.2 Å². The molecule has 0 fully saturated rings. The minimum Gasteiger partial charge on any atom is -0.244 e. The molecule has 0 atom stereocenters. The molecule has 0 spiro atoms. The van der Waals surface area contributed by atoms with Crippen LogP contribution in [-0.4, -0.2) is 4.98 Å². The van der Waals surface area contributed by atoms with E-state index in [-0.39, 0.29) is 0 Å². The van der Waals surface area contributed by atoms with Crippen molar-refractivity contribution in [3.8, 4) is 0 Å². The van der Waals surface area contributed by atoms with Crippen molar-refractivity contribution in [1.82, 2.24) is 4.98 Å². The smallest absolute Gasteiger partial charge is 0.244 e. The zero-order chi connectivity index (χ0) is 13.6. The minimum atomic E-state index is -5.08. The van der Waals surface area contributed by atoms with E-state index in [2.05, 4.69) is 4.98 Å². The fraction of sp³-hybridized carbons (Fsp3) is 0.286. The van der Waals surface area contributed by atoms with E-state index in [0.717, 1.165) is 0 Å². The van der Waals surface area contributed by atoms with Gasteiger partial charge in [-0.3, -0.25) is 0 Å². The number of rotatable bonds is 0. The molecule has 0 N–H and O–H groups in total. The highest BCUT2D eigenvalue weighted by Crippen LogP contribution is 2.31. The zero-order valence-electron chi connectivity index (χ0n) is 10.5. The summed E-state index contributed by atoms with van der Waals surface area (Å²) in [5.41, 5.74) is -3.04. The van der Waals surface area contributed by atoms with Crippen LogP contribution in [0.3, 0.4) is 0 Å². The van der Waals surface area contributed by atoms with Crippen molar-refractivity contribution >= 4 is 11.6 Å². The van der Waals surface area contributed by atoms with Crippen molar-refractivity contribution in [2.75, 3.05) is 0 Å². The van der Waals surface area contributed by atoms with E-state index in [1.807, 2.05) is 0 Å². The molecule has 12 heavy (non-hydrogen) atoms. The molecule has 1 nitrogen and oxygen atoms in total. The number of hydrogen-bond acceptors (Lipinski definition) is 1. The molecule has 0 aliphatic rings. The molecular formula is C7H5ClF3N. The lowest BCUT2D eigenvalue weighted by Gasteiger charge is -2.08. The van der Waals surface area contributed by atoms with E-state index in [1.165, 1.54) is 0 Å². The molecule has 1 rings (SSSR count). The summed E-state index contributed by atoms with van der Waals surface area (Å²) in [7, 11) is 0. The fourth-order valence-electron chi connectivity index (χ4n) is 0.560. The molecule has 0 aliphatic carbocycles. The second-order valence-electron chi connectivity index (χ2n) is 1.89. The van der Waals surface area contributed by atoms with Crippen LogP contribution in [-0.2, 0) is 6.18 Å². The second-order valence-corrected chi connectivity index (χ2v) is 2.25. The number of nitrogens with zero attached hydrogens (tertiary/aromatic N) is 1. The van der Waals surface area contributed by atoms with Crippen LogP contribution in [0.2, 0.25) is 5.15 Å². The Morgan fingerprint density at radius 2 is 2.33 bits per heavy atom. The molecule has 1 aromatic rings. The second kappa shape index (κ2) is 2.94. The number of pyridine rings is 1. The normalized spacial score (nSPS) is 18.8. The summed E-state index contributed by atoms with van der Waals surface area (Å²) in [5, 5.41) is -0.742. The Hall–Kier alpha value is -0.770. The average Bonchev–Trinajstić information content (AvgIpc) is 2.06. The maximum Gasteiger partial charge on any atom is 0.418 e. The predicted molar refractivity (Wildman–Crippen MR) is 39.0 cm³/mol. The standard InChI is InChI=1S/C7H5ClF3N/c1-4-2-6(8)12-3-5(4)7(9,10)11/h2-3H,1H3/i1D3,2D,3D. The molecule has 0 saturated carbocycles. The van der Waals surface area contributed by atoms with Crippen molar-refractivity contribution in [1.29, 1.82) is 0 Å². The first kappa shape index (κ1) is 4.46. The van der Waals surface area contributed by atoms with Gasteiger partial charge >= 0.3 is 6.18 Å². The van der Waals surface area contributed by atoms with Gasteiger partial charge in [-0.25, -0.2) is 4.98 Å². The molecule has 0 radical (unpaired) electrons. The molecule has 5 heteroatoms. The lowest BCUT2D eigenvalue weighted by molar-refractivity contribution is -0.138. The Morgan fingerprint density at radius 3 is 2.83 bits per heavy atom. The Kier molecular flexibility index (Phi) is 1.09. The molecule has 0 aromatic carbocycles. The largest absolute Gasteiger partial charge is 0.418 e. The Morgan fingerprint density at radius 1 is 1.67 bits per heavy atom. The maximum absolute atomic E-state index is 12.6. The summed E-state index contributed by atoms with van der Waals surface area (Å²) in [6, 6.07) is -1.03. The number of alkyl halides is 3. The minimum absolute atomic E-state index is 0.742. The van der Waals surface area contributed by atoms with Crippen LogP contribution >= 0.6 is 11.6 Å². The summed E-state index contributed by atoms with van der Waals surface area (Å²) in [6.07, 6.45) is -6.38. The molecule has 0 aliphatic heterocycles. The lowest BCUT2D eigenvalue weighted by atomic mass is 10.1. The Balaban J connectivity index is 3.76. The van der Waals surface area contributed by atoms with E-state index >= 15 is 0 Å². The highest BCUT2D eigenvalue weighted by atomic mass is 35.5. The van der Waals surface area contributed by atoms with Crippen LogP contribution < -0.4 is 0 Å². The summed E-state index contributed by atoms with van der Waals surface area (Å²) >= 11 is 5.31. The third-order valence-electron chi connectivity index (χ3n) is 1.03. The molecule has 0 bridgehead atoms. The lowest BCUT2D eigenvalue weighted by Crippen LogP contribution is -2.07. The van der Waals surface area contributed by atoms with E-state index in [9.17, 15) is 13.2 Å². The number of aromatic nitrogens is 1. The quantitative estimate of drug-likeness (QED) is 0.587. The third kappa shape index (κ3) is 1.88. The van der Waals surface area contributed by atoms with Gasteiger partial charge in [0, 0.05) is 10.3 Å². The molecular weight excluding hydrogens is 191 g/mol. The molecule has 0 unspecified atom stereocenters. The highest BCUT2D eigenvalue weighted by Gasteiger charge is 2.32.